The van der Waals surface area contributed by atoms with Gasteiger partial charge in [-0.05, 0) is 43.2 Å². The van der Waals surface area contributed by atoms with E-state index in [-0.39, 0.29) is 23.8 Å². The Kier molecular flexibility index (Phi) is 5.77. The number of aliphatic hydroxyl groups is 1. The van der Waals surface area contributed by atoms with Crippen LogP contribution < -0.4 is 10.3 Å². The van der Waals surface area contributed by atoms with Crippen LogP contribution in [0.4, 0.5) is 4.39 Å². The molecule has 1 fully saturated rings. The Hall–Kier alpha value is -4.12. The van der Waals surface area contributed by atoms with Crippen molar-refractivity contribution in [2.75, 3.05) is 20.2 Å². The van der Waals surface area contributed by atoms with Gasteiger partial charge in [-0.2, -0.15) is 5.10 Å². The van der Waals surface area contributed by atoms with Crippen molar-refractivity contribution in [1.29, 1.82) is 0 Å². The standard InChI is InChI=1S/C24H23FN6O4/c1-35-20-7-2-16(12-26-20)22(32)29-10-8-24(34,9-11-29)14-30-15-27-21-19(23(30)33)13-28-31(21)18-5-3-17(25)4-6-18/h2-7,12-13,15,34H,8-11,14H2,1H3. The van der Waals surface area contributed by atoms with Gasteiger partial charge in [0.15, 0.2) is 5.65 Å². The van der Waals surface area contributed by atoms with E-state index in [1.165, 1.54) is 47.2 Å². The molecule has 3 aromatic heterocycles. The molecular weight excluding hydrogens is 455 g/mol. The number of fused-ring (bicyclic) bond motifs is 1. The van der Waals surface area contributed by atoms with Gasteiger partial charge in [-0.25, -0.2) is 19.0 Å². The molecule has 1 aliphatic rings. The van der Waals surface area contributed by atoms with Crippen molar-refractivity contribution in [3.63, 3.8) is 0 Å². The van der Waals surface area contributed by atoms with E-state index in [0.717, 1.165) is 0 Å². The molecule has 4 heterocycles. The molecule has 0 saturated carbocycles. The number of nitrogens with zero attached hydrogens (tertiary/aromatic N) is 6. The number of aromatic nitrogens is 5. The lowest BCUT2D eigenvalue weighted by molar-refractivity contribution is -0.0299. The van der Waals surface area contributed by atoms with Crippen LogP contribution in [0.2, 0.25) is 0 Å². The van der Waals surface area contributed by atoms with Crippen LogP contribution >= 0.6 is 0 Å². The topological polar surface area (TPSA) is 115 Å². The van der Waals surface area contributed by atoms with Gasteiger partial charge in [0.05, 0.1) is 36.7 Å². The lowest BCUT2D eigenvalue weighted by Gasteiger charge is -2.38. The number of hydrogen-bond donors (Lipinski definition) is 1. The summed E-state index contributed by atoms with van der Waals surface area (Å²) in [7, 11) is 1.51. The van der Waals surface area contributed by atoms with Crippen molar-refractivity contribution in [3.8, 4) is 11.6 Å². The van der Waals surface area contributed by atoms with E-state index >= 15 is 0 Å². The van der Waals surface area contributed by atoms with Gasteiger partial charge in [0.2, 0.25) is 5.88 Å². The molecule has 0 bridgehead atoms. The highest BCUT2D eigenvalue weighted by atomic mass is 19.1. The first kappa shape index (κ1) is 22.7. The smallest absolute Gasteiger partial charge is 0.264 e. The van der Waals surface area contributed by atoms with Gasteiger partial charge in [0, 0.05) is 25.4 Å². The number of pyridine rings is 1. The second-order valence-corrected chi connectivity index (χ2v) is 8.55. The summed E-state index contributed by atoms with van der Waals surface area (Å²) in [6.07, 6.45) is 4.88. The first-order valence-electron chi connectivity index (χ1n) is 11.1. The molecule has 11 heteroatoms. The predicted molar refractivity (Wildman–Crippen MR) is 124 cm³/mol. The number of likely N-dealkylation sites (tertiary alicyclic amines) is 1. The van der Waals surface area contributed by atoms with Gasteiger partial charge in [0.25, 0.3) is 11.5 Å². The average molecular weight is 478 g/mol. The summed E-state index contributed by atoms with van der Waals surface area (Å²) in [6.45, 7) is 0.727. The SMILES string of the molecule is COc1ccc(C(=O)N2CCC(O)(Cn3cnc4c(cnn4-c4ccc(F)cc4)c3=O)CC2)cn1. The Morgan fingerprint density at radius 1 is 1.11 bits per heavy atom. The van der Waals surface area contributed by atoms with Crippen LogP contribution in [0.15, 0.2) is 59.9 Å². The largest absolute Gasteiger partial charge is 0.481 e. The van der Waals surface area contributed by atoms with E-state index < -0.39 is 5.60 Å². The molecule has 1 aromatic carbocycles. The first-order chi connectivity index (χ1) is 16.9. The van der Waals surface area contributed by atoms with E-state index in [1.807, 2.05) is 0 Å². The number of amides is 1. The molecule has 1 saturated heterocycles. The summed E-state index contributed by atoms with van der Waals surface area (Å²) in [4.78, 5) is 35.9. The van der Waals surface area contributed by atoms with Crippen LogP contribution in [0.3, 0.4) is 0 Å². The van der Waals surface area contributed by atoms with Gasteiger partial charge < -0.3 is 14.7 Å². The molecule has 0 atom stereocenters. The lowest BCUT2D eigenvalue weighted by Crippen LogP contribution is -2.49. The molecule has 0 aliphatic carbocycles. The molecule has 1 amide bonds. The monoisotopic (exact) mass is 478 g/mol. The zero-order valence-electron chi connectivity index (χ0n) is 19.0. The minimum atomic E-state index is -1.17. The Balaban J connectivity index is 1.30. The average Bonchev–Trinajstić information content (AvgIpc) is 3.31. The number of carbonyl (C=O) groups excluding carboxylic acids is 1. The van der Waals surface area contributed by atoms with E-state index in [2.05, 4.69) is 15.1 Å². The third kappa shape index (κ3) is 4.37. The summed E-state index contributed by atoms with van der Waals surface area (Å²) in [5.41, 5.74) is -0.131. The molecule has 0 unspecified atom stereocenters. The number of hydrogen-bond acceptors (Lipinski definition) is 7. The van der Waals surface area contributed by atoms with Crippen LogP contribution in [-0.2, 0) is 6.54 Å². The van der Waals surface area contributed by atoms with E-state index in [9.17, 15) is 19.1 Å². The zero-order valence-corrected chi connectivity index (χ0v) is 19.0. The number of methoxy groups -OCH3 is 1. The predicted octanol–water partition coefficient (Wildman–Crippen LogP) is 1.79. The quantitative estimate of drug-likeness (QED) is 0.465. The fraction of sp³-hybridized carbons (Fsp3) is 0.292. The van der Waals surface area contributed by atoms with Gasteiger partial charge in [-0.1, -0.05) is 0 Å². The first-order valence-corrected chi connectivity index (χ1v) is 11.1. The van der Waals surface area contributed by atoms with Crippen molar-refractivity contribution in [3.05, 3.63) is 76.9 Å². The summed E-state index contributed by atoms with van der Waals surface area (Å²) in [5, 5.41) is 15.7. The Labute approximate surface area is 199 Å². The van der Waals surface area contributed by atoms with E-state index in [0.29, 0.717) is 54.1 Å². The van der Waals surface area contributed by atoms with Crippen molar-refractivity contribution in [1.82, 2.24) is 29.2 Å². The molecule has 1 aliphatic heterocycles. The fourth-order valence-electron chi connectivity index (χ4n) is 4.24. The van der Waals surface area contributed by atoms with Gasteiger partial charge in [0.1, 0.15) is 17.5 Å². The van der Waals surface area contributed by atoms with Gasteiger partial charge in [-0.15, -0.1) is 0 Å². The van der Waals surface area contributed by atoms with Crippen LogP contribution in [0.25, 0.3) is 16.7 Å². The fourth-order valence-corrected chi connectivity index (χ4v) is 4.24. The molecule has 5 rings (SSSR count). The minimum Gasteiger partial charge on any atom is -0.481 e. The van der Waals surface area contributed by atoms with E-state index in [1.54, 1.807) is 29.2 Å². The molecular formula is C24H23FN6O4. The molecule has 35 heavy (non-hydrogen) atoms. The van der Waals surface area contributed by atoms with Crippen molar-refractivity contribution >= 4 is 16.9 Å². The summed E-state index contributed by atoms with van der Waals surface area (Å²) in [6, 6.07) is 9.00. The molecule has 4 aromatic rings. The molecule has 1 N–H and O–H groups in total. The highest BCUT2D eigenvalue weighted by molar-refractivity contribution is 5.94. The van der Waals surface area contributed by atoms with Crippen LogP contribution in [-0.4, -0.2) is 66.0 Å². The number of rotatable bonds is 5. The maximum Gasteiger partial charge on any atom is 0.264 e. The number of halogens is 1. The number of benzene rings is 1. The van der Waals surface area contributed by atoms with E-state index in [4.69, 9.17) is 4.74 Å². The van der Waals surface area contributed by atoms with Gasteiger partial charge >= 0.3 is 0 Å². The van der Waals surface area contributed by atoms with Crippen molar-refractivity contribution < 1.29 is 19.0 Å². The Morgan fingerprint density at radius 2 is 1.86 bits per heavy atom. The number of carbonyl (C=O) groups is 1. The highest BCUT2D eigenvalue weighted by Gasteiger charge is 2.35. The van der Waals surface area contributed by atoms with Crippen molar-refractivity contribution in [2.24, 2.45) is 0 Å². The highest BCUT2D eigenvalue weighted by Crippen LogP contribution is 2.25. The molecule has 0 radical (unpaired) electrons. The molecule has 180 valence electrons. The summed E-state index contributed by atoms with van der Waals surface area (Å²) in [5.74, 6) is -0.119. The lowest BCUT2D eigenvalue weighted by atomic mass is 9.91. The molecule has 10 nitrogen and oxygen atoms in total. The summed E-state index contributed by atoms with van der Waals surface area (Å²) < 4.78 is 21.1. The maximum atomic E-state index is 13.2. The van der Waals surface area contributed by atoms with Gasteiger partial charge in [-0.3, -0.25) is 14.2 Å². The third-order valence-electron chi connectivity index (χ3n) is 6.26. The molecule has 0 spiro atoms. The van der Waals surface area contributed by atoms with Crippen LogP contribution in [0, 0.1) is 5.82 Å². The third-order valence-corrected chi connectivity index (χ3v) is 6.26. The minimum absolute atomic E-state index is 0.0443. The second kappa shape index (κ2) is 8.91. The van der Waals surface area contributed by atoms with Crippen LogP contribution in [0.1, 0.15) is 23.2 Å². The second-order valence-electron chi connectivity index (χ2n) is 8.55. The van der Waals surface area contributed by atoms with Crippen molar-refractivity contribution in [2.45, 2.75) is 25.0 Å². The Morgan fingerprint density at radius 3 is 2.51 bits per heavy atom. The zero-order chi connectivity index (χ0) is 24.6. The number of ether oxygens (including phenoxy) is 1. The maximum absolute atomic E-state index is 13.2. The normalized spacial score (nSPS) is 15.3. The number of piperidine rings is 1. The summed E-state index contributed by atoms with van der Waals surface area (Å²) >= 11 is 0. The Bertz CT molecular complexity index is 1420. The van der Waals surface area contributed by atoms with Crippen LogP contribution in [0.5, 0.6) is 5.88 Å².